The number of rotatable bonds is 11. The Morgan fingerprint density at radius 1 is 1.26 bits per heavy atom. The van der Waals surface area contributed by atoms with E-state index in [0.717, 1.165) is 23.7 Å². The first kappa shape index (κ1) is 20.7. The van der Waals surface area contributed by atoms with Gasteiger partial charge in [0.05, 0.1) is 0 Å². The van der Waals surface area contributed by atoms with E-state index in [1.54, 1.807) is 0 Å². The molecule has 0 aliphatic carbocycles. The number of allylic oxidation sites excluding steroid dienone is 1. The summed E-state index contributed by atoms with van der Waals surface area (Å²) >= 11 is 0. The second-order valence-corrected chi connectivity index (χ2v) is 7.98. The van der Waals surface area contributed by atoms with Crippen molar-refractivity contribution in [1.29, 1.82) is 0 Å². The highest BCUT2D eigenvalue weighted by Crippen LogP contribution is 2.31. The molecule has 1 aliphatic heterocycles. The summed E-state index contributed by atoms with van der Waals surface area (Å²) in [7, 11) is 0. The lowest BCUT2D eigenvalue weighted by molar-refractivity contribution is 0.162. The Bertz CT molecular complexity index is 315. The van der Waals surface area contributed by atoms with Crippen molar-refractivity contribution in [3.63, 3.8) is 0 Å². The molecule has 0 saturated carbocycles. The molecule has 0 aromatic carbocycles. The molecule has 0 spiro atoms. The van der Waals surface area contributed by atoms with Crippen LogP contribution in [0.1, 0.15) is 66.7 Å². The molecule has 0 radical (unpaired) electrons. The van der Waals surface area contributed by atoms with Crippen molar-refractivity contribution in [3.8, 4) is 0 Å². The molecule has 1 aliphatic rings. The Balaban J connectivity index is 2.53. The summed E-state index contributed by atoms with van der Waals surface area (Å²) in [6, 6.07) is 0.638. The van der Waals surface area contributed by atoms with E-state index in [2.05, 4.69) is 57.9 Å². The molecule has 6 unspecified atom stereocenters. The van der Waals surface area contributed by atoms with Crippen LogP contribution in [0.5, 0.6) is 0 Å². The fraction of sp³-hybridized carbons (Fsp3) is 0.905. The molecule has 2 nitrogen and oxygen atoms in total. The first-order valence-corrected chi connectivity index (χ1v) is 10.1. The fourth-order valence-corrected chi connectivity index (χ4v) is 4.15. The Hall–Kier alpha value is -0.340. The summed E-state index contributed by atoms with van der Waals surface area (Å²) in [6.45, 7) is 19.3. The molecule has 136 valence electrons. The molecule has 2 N–H and O–H groups in total. The largest absolute Gasteiger partial charge is 0.316 e. The summed E-state index contributed by atoms with van der Waals surface area (Å²) in [6.07, 6.45) is 8.73. The van der Waals surface area contributed by atoms with Gasteiger partial charge in [0, 0.05) is 6.04 Å². The quantitative estimate of drug-likeness (QED) is 0.531. The Morgan fingerprint density at radius 3 is 2.61 bits per heavy atom. The van der Waals surface area contributed by atoms with Crippen LogP contribution in [0.25, 0.3) is 0 Å². The van der Waals surface area contributed by atoms with Gasteiger partial charge in [-0.25, -0.2) is 0 Å². The van der Waals surface area contributed by atoms with Crippen LogP contribution >= 0.6 is 0 Å². The van der Waals surface area contributed by atoms with Crippen molar-refractivity contribution in [1.82, 2.24) is 10.6 Å². The molecule has 0 amide bonds. The van der Waals surface area contributed by atoms with Gasteiger partial charge >= 0.3 is 0 Å². The summed E-state index contributed by atoms with van der Waals surface area (Å²) < 4.78 is 0. The molecule has 1 heterocycles. The van der Waals surface area contributed by atoms with Crippen molar-refractivity contribution in [2.45, 2.75) is 72.8 Å². The van der Waals surface area contributed by atoms with Gasteiger partial charge in [-0.3, -0.25) is 0 Å². The smallest absolute Gasteiger partial charge is 0.00707 e. The summed E-state index contributed by atoms with van der Waals surface area (Å²) in [5.74, 6) is 3.82. The molecule has 1 saturated heterocycles. The number of hydrogen-bond donors (Lipinski definition) is 2. The van der Waals surface area contributed by atoms with E-state index in [-0.39, 0.29) is 0 Å². The molecular formula is C21H42N2. The average Bonchev–Trinajstić information content (AvgIpc) is 2.57. The molecule has 23 heavy (non-hydrogen) atoms. The highest BCUT2D eigenvalue weighted by Gasteiger charge is 2.31. The summed E-state index contributed by atoms with van der Waals surface area (Å²) in [4.78, 5) is 0. The highest BCUT2D eigenvalue weighted by molar-refractivity contribution is 4.88. The maximum Gasteiger partial charge on any atom is 0.00707 e. The van der Waals surface area contributed by atoms with E-state index in [1.165, 1.54) is 51.7 Å². The minimum Gasteiger partial charge on any atom is -0.316 e. The third-order valence-electron chi connectivity index (χ3n) is 6.26. The van der Waals surface area contributed by atoms with Crippen LogP contribution in [0, 0.1) is 29.6 Å². The topological polar surface area (TPSA) is 24.1 Å². The van der Waals surface area contributed by atoms with Crippen LogP contribution < -0.4 is 10.6 Å². The third kappa shape index (κ3) is 6.97. The average molecular weight is 323 g/mol. The predicted molar refractivity (Wildman–Crippen MR) is 104 cm³/mol. The van der Waals surface area contributed by atoms with E-state index >= 15 is 0 Å². The van der Waals surface area contributed by atoms with Gasteiger partial charge in [-0.05, 0) is 75.4 Å². The Labute approximate surface area is 145 Å². The van der Waals surface area contributed by atoms with Crippen LogP contribution in [0.2, 0.25) is 0 Å². The van der Waals surface area contributed by atoms with Crippen LogP contribution in [0.3, 0.4) is 0 Å². The van der Waals surface area contributed by atoms with Gasteiger partial charge in [-0.2, -0.15) is 0 Å². The van der Waals surface area contributed by atoms with E-state index in [9.17, 15) is 0 Å². The standard InChI is InChI=1S/C21H42N2/c1-7-10-19(9-3)14-23-18(6)21-11-12-22-15-20(21)13-17(5)16(4)8-2/h8,16-23H,2,7,9-15H2,1,3-6H3. The normalized spacial score (nSPS) is 27.2. The minimum absolute atomic E-state index is 0.620. The van der Waals surface area contributed by atoms with Crippen molar-refractivity contribution in [2.75, 3.05) is 19.6 Å². The molecule has 6 atom stereocenters. The zero-order valence-electron chi connectivity index (χ0n) is 16.4. The van der Waals surface area contributed by atoms with Gasteiger partial charge in [0.1, 0.15) is 0 Å². The van der Waals surface area contributed by atoms with E-state index in [4.69, 9.17) is 0 Å². The number of nitrogens with one attached hydrogen (secondary N) is 2. The van der Waals surface area contributed by atoms with Crippen LogP contribution in [0.4, 0.5) is 0 Å². The van der Waals surface area contributed by atoms with E-state index < -0.39 is 0 Å². The molecule has 1 fully saturated rings. The van der Waals surface area contributed by atoms with Gasteiger partial charge in [0.2, 0.25) is 0 Å². The van der Waals surface area contributed by atoms with Gasteiger partial charge in [0.15, 0.2) is 0 Å². The van der Waals surface area contributed by atoms with Crippen LogP contribution in [0.15, 0.2) is 12.7 Å². The first-order chi connectivity index (χ1) is 11.0. The van der Waals surface area contributed by atoms with Crippen LogP contribution in [-0.2, 0) is 0 Å². The monoisotopic (exact) mass is 322 g/mol. The van der Waals surface area contributed by atoms with Crippen molar-refractivity contribution >= 4 is 0 Å². The lowest BCUT2D eigenvalue weighted by atomic mass is 9.75. The molecule has 0 aromatic rings. The lowest BCUT2D eigenvalue weighted by Crippen LogP contribution is -2.47. The summed E-state index contributed by atoms with van der Waals surface area (Å²) in [5, 5.41) is 7.51. The molecule has 2 heteroatoms. The Kier molecular flexibility index (Phi) is 10.1. The van der Waals surface area contributed by atoms with E-state index in [0.29, 0.717) is 12.0 Å². The maximum atomic E-state index is 3.98. The Morgan fingerprint density at radius 2 is 2.00 bits per heavy atom. The number of piperidine rings is 1. The molecule has 0 bridgehead atoms. The second-order valence-electron chi connectivity index (χ2n) is 7.98. The molecular weight excluding hydrogens is 280 g/mol. The SMILES string of the molecule is C=CC(C)C(C)CC1CNCCC1C(C)NCC(CC)CCC. The highest BCUT2D eigenvalue weighted by atomic mass is 14.9. The van der Waals surface area contributed by atoms with Crippen LogP contribution in [-0.4, -0.2) is 25.7 Å². The number of hydrogen-bond acceptors (Lipinski definition) is 2. The van der Waals surface area contributed by atoms with Gasteiger partial charge < -0.3 is 10.6 Å². The minimum atomic E-state index is 0.620. The lowest BCUT2D eigenvalue weighted by Gasteiger charge is -2.39. The predicted octanol–water partition coefficient (Wildman–Crippen LogP) is 4.86. The second kappa shape index (κ2) is 11.3. The van der Waals surface area contributed by atoms with Crippen molar-refractivity contribution < 1.29 is 0 Å². The summed E-state index contributed by atoms with van der Waals surface area (Å²) in [5.41, 5.74) is 0. The molecule has 0 aromatic heterocycles. The maximum absolute atomic E-state index is 3.98. The zero-order chi connectivity index (χ0) is 17.2. The van der Waals surface area contributed by atoms with Gasteiger partial charge in [-0.1, -0.05) is 46.6 Å². The van der Waals surface area contributed by atoms with E-state index in [1.807, 2.05) is 0 Å². The fourth-order valence-electron chi connectivity index (χ4n) is 4.15. The van der Waals surface area contributed by atoms with Crippen molar-refractivity contribution in [3.05, 3.63) is 12.7 Å². The van der Waals surface area contributed by atoms with Gasteiger partial charge in [-0.15, -0.1) is 6.58 Å². The van der Waals surface area contributed by atoms with Crippen molar-refractivity contribution in [2.24, 2.45) is 29.6 Å². The first-order valence-electron chi connectivity index (χ1n) is 10.1. The molecule has 1 rings (SSSR count). The zero-order valence-corrected chi connectivity index (χ0v) is 16.4. The van der Waals surface area contributed by atoms with Gasteiger partial charge in [0.25, 0.3) is 0 Å². The third-order valence-corrected chi connectivity index (χ3v) is 6.26.